The second kappa shape index (κ2) is 9.67. The van der Waals surface area contributed by atoms with Crippen LogP contribution >= 0.6 is 7.82 Å². The third-order valence-corrected chi connectivity index (χ3v) is 8.47. The van der Waals surface area contributed by atoms with Crippen LogP contribution in [0.1, 0.15) is 6.42 Å². The molecular formula is C26H26NO10P. The van der Waals surface area contributed by atoms with E-state index in [4.69, 9.17) is 23.0 Å². The van der Waals surface area contributed by atoms with Gasteiger partial charge in [-0.05, 0) is 42.7 Å². The maximum atomic E-state index is 14.2. The molecule has 0 bridgehead atoms. The fraction of sp³-hybridized carbons (Fsp3) is 0.346. The summed E-state index contributed by atoms with van der Waals surface area (Å²) in [4.78, 5) is 13.4. The van der Waals surface area contributed by atoms with Gasteiger partial charge in [-0.2, -0.15) is 4.57 Å². The summed E-state index contributed by atoms with van der Waals surface area (Å²) in [6, 6.07) is 15.8. The first-order valence-corrected chi connectivity index (χ1v) is 13.6. The van der Waals surface area contributed by atoms with Gasteiger partial charge >= 0.3 is 7.82 Å². The van der Waals surface area contributed by atoms with E-state index in [0.29, 0.717) is 0 Å². The summed E-state index contributed by atoms with van der Waals surface area (Å²) in [6.45, 7) is -0.156. The van der Waals surface area contributed by atoms with Crippen molar-refractivity contribution >= 4 is 13.7 Å². The van der Waals surface area contributed by atoms with Crippen molar-refractivity contribution in [3.63, 3.8) is 0 Å². The molecule has 200 valence electrons. The molecule has 4 aliphatic rings. The predicted molar refractivity (Wildman–Crippen MR) is 130 cm³/mol. The Morgan fingerprint density at radius 3 is 2.13 bits per heavy atom. The molecule has 0 radical (unpaired) electrons. The lowest BCUT2D eigenvalue weighted by molar-refractivity contribution is -0.153. The van der Waals surface area contributed by atoms with Gasteiger partial charge < -0.3 is 43.7 Å². The Balaban J connectivity index is 1.39. The number of fused-ring (bicyclic) bond motifs is 4. The van der Waals surface area contributed by atoms with Crippen molar-refractivity contribution in [1.82, 2.24) is 5.32 Å². The number of allylic oxidation sites excluding steroid dienone is 1. The topological polar surface area (TPSA) is 153 Å². The van der Waals surface area contributed by atoms with Crippen LogP contribution in [-0.4, -0.2) is 52.4 Å². The van der Waals surface area contributed by atoms with Gasteiger partial charge in [-0.25, -0.2) is 0 Å². The number of benzene rings is 2. The standard InChI is InChI=1S/C26H26NO10P/c28-18-11-17-16-12-19-24(34-13-33-19)25(20(16)26(31)27-21(17)23(30)22(18)29)37-38(32,35-14-7-3-1-4-8-14)36-15-9-5-2-6-10-15/h1-10,12,16-18,20-23,28-30H,11,13H2,(H,27,31)/t16?,17-,18+,20?,21-,22-,23+/m1/s1. The van der Waals surface area contributed by atoms with Crippen molar-refractivity contribution in [2.24, 2.45) is 17.8 Å². The molecule has 4 N–H and O–H groups in total. The first-order valence-electron chi connectivity index (χ1n) is 12.2. The molecule has 2 heterocycles. The minimum Gasteiger partial charge on any atom is -0.454 e. The van der Waals surface area contributed by atoms with E-state index in [2.05, 4.69) is 5.32 Å². The van der Waals surface area contributed by atoms with Crippen LogP contribution in [-0.2, 0) is 23.4 Å². The summed E-state index contributed by atoms with van der Waals surface area (Å²) in [5.41, 5.74) is 0. The van der Waals surface area contributed by atoms with E-state index in [0.717, 1.165) is 0 Å². The second-order valence-electron chi connectivity index (χ2n) is 9.52. The Kier molecular flexibility index (Phi) is 6.31. The number of hydrogen-bond donors (Lipinski definition) is 4. The van der Waals surface area contributed by atoms with Crippen molar-refractivity contribution in [2.45, 2.75) is 30.8 Å². The Morgan fingerprint density at radius 2 is 1.50 bits per heavy atom. The first-order chi connectivity index (χ1) is 18.3. The molecule has 2 aromatic rings. The zero-order valence-electron chi connectivity index (χ0n) is 20.0. The number of aliphatic hydroxyl groups excluding tert-OH is 3. The number of carbonyl (C=O) groups is 1. The van der Waals surface area contributed by atoms with E-state index in [1.54, 1.807) is 66.7 Å². The van der Waals surface area contributed by atoms with E-state index < -0.39 is 55.8 Å². The molecule has 1 saturated carbocycles. The van der Waals surface area contributed by atoms with Crippen LogP contribution in [0.15, 0.2) is 84.0 Å². The SMILES string of the molecule is O=C1N[C@H]2[C@H](O)[C@H](O)[C@@H](O)C[C@@H]2C2C=C3OCOC3=C(OP(=O)(Oc3ccccc3)Oc3ccccc3)C12. The zero-order chi connectivity index (χ0) is 26.4. The smallest absolute Gasteiger partial charge is 0.454 e. The van der Waals surface area contributed by atoms with Crippen molar-refractivity contribution in [1.29, 1.82) is 0 Å². The van der Waals surface area contributed by atoms with Gasteiger partial charge in [0.1, 0.15) is 29.6 Å². The minimum atomic E-state index is -4.48. The number of carbonyl (C=O) groups excluding carboxylic acids is 1. The van der Waals surface area contributed by atoms with Gasteiger partial charge in [0.05, 0.1) is 12.1 Å². The number of amides is 1. The van der Waals surface area contributed by atoms with Crippen molar-refractivity contribution in [3.8, 4) is 11.5 Å². The molecule has 0 spiro atoms. The summed E-state index contributed by atoms with van der Waals surface area (Å²) < 4.78 is 42.9. The average molecular weight is 543 g/mol. The third-order valence-electron chi connectivity index (χ3n) is 7.18. The van der Waals surface area contributed by atoms with Crippen LogP contribution in [0.4, 0.5) is 0 Å². The zero-order valence-corrected chi connectivity index (χ0v) is 20.8. The number of ether oxygens (including phenoxy) is 2. The quantitative estimate of drug-likeness (QED) is 0.399. The van der Waals surface area contributed by atoms with E-state index in [1.807, 2.05) is 0 Å². The molecule has 0 aromatic heterocycles. The number of nitrogens with one attached hydrogen (secondary N) is 1. The second-order valence-corrected chi connectivity index (χ2v) is 11.0. The summed E-state index contributed by atoms with van der Waals surface area (Å²) in [6.07, 6.45) is -2.21. The van der Waals surface area contributed by atoms with Crippen LogP contribution < -0.4 is 14.4 Å². The highest BCUT2D eigenvalue weighted by Crippen LogP contribution is 2.56. The molecule has 2 aliphatic carbocycles. The van der Waals surface area contributed by atoms with Gasteiger partial charge in [-0.3, -0.25) is 4.79 Å². The lowest BCUT2D eigenvalue weighted by Crippen LogP contribution is -2.66. The number of piperidine rings is 1. The van der Waals surface area contributed by atoms with Crippen LogP contribution in [0.2, 0.25) is 0 Å². The molecule has 2 aromatic carbocycles. The normalized spacial score (nSPS) is 31.9. The lowest BCUT2D eigenvalue weighted by atomic mass is 9.64. The monoisotopic (exact) mass is 543 g/mol. The van der Waals surface area contributed by atoms with Crippen LogP contribution in [0.3, 0.4) is 0 Å². The number of phosphoric ester groups is 1. The Hall–Kier alpha value is -3.50. The number of para-hydroxylation sites is 2. The molecule has 7 atom stereocenters. The Bertz CT molecular complexity index is 1270. The Labute approximate surface area is 217 Å². The Morgan fingerprint density at radius 1 is 0.868 bits per heavy atom. The number of rotatable bonds is 6. The van der Waals surface area contributed by atoms with E-state index in [1.165, 1.54) is 0 Å². The van der Waals surface area contributed by atoms with Crippen molar-refractivity contribution < 1.29 is 47.7 Å². The van der Waals surface area contributed by atoms with E-state index >= 15 is 0 Å². The van der Waals surface area contributed by atoms with Gasteiger partial charge in [-0.15, -0.1) is 0 Å². The molecule has 2 aliphatic heterocycles. The number of phosphoric acid groups is 1. The van der Waals surface area contributed by atoms with E-state index in [-0.39, 0.29) is 42.0 Å². The maximum Gasteiger partial charge on any atom is 0.646 e. The highest BCUT2D eigenvalue weighted by Gasteiger charge is 2.57. The summed E-state index contributed by atoms with van der Waals surface area (Å²) in [7, 11) is -4.48. The number of aliphatic hydroxyl groups is 3. The molecule has 2 saturated heterocycles. The van der Waals surface area contributed by atoms with Gasteiger partial charge in [0.25, 0.3) is 0 Å². The lowest BCUT2D eigenvalue weighted by Gasteiger charge is -2.49. The molecule has 38 heavy (non-hydrogen) atoms. The van der Waals surface area contributed by atoms with Crippen molar-refractivity contribution in [2.75, 3.05) is 6.79 Å². The molecule has 2 unspecified atom stereocenters. The van der Waals surface area contributed by atoms with Gasteiger partial charge in [0.2, 0.25) is 18.5 Å². The highest BCUT2D eigenvalue weighted by molar-refractivity contribution is 7.49. The van der Waals surface area contributed by atoms with Gasteiger partial charge in [0.15, 0.2) is 11.5 Å². The largest absolute Gasteiger partial charge is 0.646 e. The summed E-state index contributed by atoms with van der Waals surface area (Å²) in [5.74, 6) is -2.05. The third kappa shape index (κ3) is 4.41. The van der Waals surface area contributed by atoms with Crippen LogP contribution in [0, 0.1) is 17.8 Å². The molecule has 11 nitrogen and oxygen atoms in total. The van der Waals surface area contributed by atoms with Crippen LogP contribution in [0.5, 0.6) is 11.5 Å². The van der Waals surface area contributed by atoms with Gasteiger partial charge in [-0.1, -0.05) is 36.4 Å². The summed E-state index contributed by atoms with van der Waals surface area (Å²) in [5, 5.41) is 33.9. The highest BCUT2D eigenvalue weighted by atomic mass is 31.2. The van der Waals surface area contributed by atoms with E-state index in [9.17, 15) is 24.7 Å². The minimum absolute atomic E-state index is 0.0883. The average Bonchev–Trinajstić information content (AvgIpc) is 3.38. The van der Waals surface area contributed by atoms with Gasteiger partial charge in [0, 0.05) is 5.92 Å². The molecule has 3 fully saturated rings. The van der Waals surface area contributed by atoms with Crippen LogP contribution in [0.25, 0.3) is 0 Å². The molecule has 1 amide bonds. The number of hydrogen-bond acceptors (Lipinski definition) is 10. The molecule has 12 heteroatoms. The predicted octanol–water partition coefficient (Wildman–Crippen LogP) is 2.22. The fourth-order valence-electron chi connectivity index (χ4n) is 5.45. The molecule has 6 rings (SSSR count). The van der Waals surface area contributed by atoms with Crippen molar-refractivity contribution in [3.05, 3.63) is 84.0 Å². The molecular weight excluding hydrogens is 517 g/mol. The fourth-order valence-corrected chi connectivity index (χ4v) is 6.76. The first kappa shape index (κ1) is 24.8. The summed E-state index contributed by atoms with van der Waals surface area (Å²) >= 11 is 0. The maximum absolute atomic E-state index is 14.2.